The third kappa shape index (κ3) is 13.4. The summed E-state index contributed by atoms with van der Waals surface area (Å²) in [4.78, 5) is 0. The van der Waals surface area contributed by atoms with Crippen LogP contribution in [0, 0.1) is 46.3 Å². The van der Waals surface area contributed by atoms with Crippen LogP contribution in [0.3, 0.4) is 0 Å². The fourth-order valence-electron chi connectivity index (χ4n) is 15.9. The van der Waals surface area contributed by atoms with Crippen LogP contribution < -0.4 is 0 Å². The molecule has 5 heterocycles. The highest BCUT2D eigenvalue weighted by Crippen LogP contribution is 2.67. The lowest BCUT2D eigenvalue weighted by atomic mass is 9.47. The van der Waals surface area contributed by atoms with E-state index in [0.29, 0.717) is 43.9 Å². The number of ether oxygens (including phenoxy) is 10. The molecule has 14 N–H and O–H groups in total. The Morgan fingerprint density at radius 3 is 1.74 bits per heavy atom. The highest BCUT2D eigenvalue weighted by molar-refractivity contribution is 7.80. The molecule has 27 nitrogen and oxygen atoms in total. The molecule has 34 atom stereocenters. The maximum Gasteiger partial charge on any atom is 0.397 e. The van der Waals surface area contributed by atoms with E-state index in [1.807, 2.05) is 0 Å². The van der Waals surface area contributed by atoms with E-state index in [4.69, 9.17) is 51.6 Å². The SMILES string of the molecule is CC(C)CC(O)CC(C)C1CCC2C3CC(OC4OC(C)C(O)C(OC5OCC(OC6OC(CO)C(O)C(O)C6OC6OC(C)C(O)C(O)C6O)C(O)C5OC5OC(C)C(O)C(O)C5O)C4O)C4CC(OS(=O)(=O)O)CCC4(C)C3=CCC12C. The van der Waals surface area contributed by atoms with Crippen molar-refractivity contribution in [1.29, 1.82) is 0 Å². The van der Waals surface area contributed by atoms with Gasteiger partial charge in [0.2, 0.25) is 0 Å². The van der Waals surface area contributed by atoms with Gasteiger partial charge in [-0.25, -0.2) is 4.18 Å². The molecule has 0 bridgehead atoms. The first-order valence-corrected chi connectivity index (χ1v) is 31.4. The summed E-state index contributed by atoms with van der Waals surface area (Å²) in [6, 6.07) is 0. The summed E-state index contributed by atoms with van der Waals surface area (Å²) in [6.45, 7) is 13.7. The lowest BCUT2D eigenvalue weighted by molar-refractivity contribution is -0.398. The monoisotopic (exact) mass is 1230 g/mol. The molecule has 3 saturated carbocycles. The number of fused-ring (bicyclic) bond motifs is 5. The molecular formula is C56H94O27S. The van der Waals surface area contributed by atoms with Gasteiger partial charge in [-0.1, -0.05) is 46.3 Å². The number of rotatable bonds is 18. The van der Waals surface area contributed by atoms with Gasteiger partial charge < -0.3 is 114 Å². The van der Waals surface area contributed by atoms with Crippen LogP contribution in [0.5, 0.6) is 0 Å². The van der Waals surface area contributed by atoms with Crippen LogP contribution in [0.15, 0.2) is 11.6 Å². The summed E-state index contributed by atoms with van der Waals surface area (Å²) in [5.74, 6) is 0.670. The molecule has 486 valence electrons. The molecule has 5 aliphatic heterocycles. The molecule has 0 aromatic rings. The van der Waals surface area contributed by atoms with E-state index in [9.17, 15) is 79.4 Å². The van der Waals surface area contributed by atoms with Crippen molar-refractivity contribution >= 4 is 10.4 Å². The predicted octanol–water partition coefficient (Wildman–Crippen LogP) is -2.00. The normalized spacial score (nSPS) is 51.8. The lowest BCUT2D eigenvalue weighted by Crippen LogP contribution is -2.67. The van der Waals surface area contributed by atoms with Crippen LogP contribution >= 0.6 is 0 Å². The van der Waals surface area contributed by atoms with Crippen LogP contribution in [0.25, 0.3) is 0 Å². The summed E-state index contributed by atoms with van der Waals surface area (Å²) < 4.78 is 101. The van der Waals surface area contributed by atoms with E-state index in [-0.39, 0.29) is 29.6 Å². The van der Waals surface area contributed by atoms with E-state index in [1.165, 1.54) is 26.3 Å². The molecule has 0 amide bonds. The van der Waals surface area contributed by atoms with Gasteiger partial charge in [-0.15, -0.1) is 0 Å². The van der Waals surface area contributed by atoms with Crippen molar-refractivity contribution in [3.8, 4) is 0 Å². The number of hydrogen-bond acceptors (Lipinski definition) is 26. The molecular weight excluding hydrogens is 1140 g/mol. The third-order valence-electron chi connectivity index (χ3n) is 20.5. The minimum atomic E-state index is -4.85. The summed E-state index contributed by atoms with van der Waals surface area (Å²) in [5.41, 5.74) is 0.562. The second-order valence-corrected chi connectivity index (χ2v) is 27.6. The average Bonchev–Trinajstić information content (AvgIpc) is 2.53. The van der Waals surface area contributed by atoms with Gasteiger partial charge in [0.1, 0.15) is 97.7 Å². The molecule has 0 radical (unpaired) electrons. The fraction of sp³-hybridized carbons (Fsp3) is 0.964. The van der Waals surface area contributed by atoms with E-state index < -0.39 is 201 Å². The Labute approximate surface area is 489 Å². The summed E-state index contributed by atoms with van der Waals surface area (Å²) in [6.07, 6.45) is -34.7. The molecule has 84 heavy (non-hydrogen) atoms. The predicted molar refractivity (Wildman–Crippen MR) is 285 cm³/mol. The molecule has 28 heteroatoms. The number of allylic oxidation sites excluding steroid dienone is 2. The number of aliphatic hydroxyl groups is 13. The van der Waals surface area contributed by atoms with E-state index in [0.717, 1.165) is 19.3 Å². The van der Waals surface area contributed by atoms with Gasteiger partial charge in [0.25, 0.3) is 0 Å². The first-order valence-electron chi connectivity index (χ1n) is 30.0. The van der Waals surface area contributed by atoms with Gasteiger partial charge >= 0.3 is 10.4 Å². The molecule has 8 fully saturated rings. The molecule has 9 rings (SSSR count). The molecule has 9 aliphatic rings. The number of hydrogen-bond donors (Lipinski definition) is 14. The zero-order valence-corrected chi connectivity index (χ0v) is 49.7. The average molecular weight is 1230 g/mol. The first kappa shape index (κ1) is 67.1. The van der Waals surface area contributed by atoms with Gasteiger partial charge in [-0.05, 0) is 125 Å². The topological polar surface area (TPSA) is 419 Å². The number of aliphatic hydroxyl groups excluding tert-OH is 13. The van der Waals surface area contributed by atoms with Crippen LogP contribution in [-0.4, -0.2) is 258 Å². The molecule has 5 saturated heterocycles. The standard InChI is InChI=1S/C56H94O27S/c1-21(2)15-26(58)16-22(3)29-9-10-30-28-18-33(32-17-27(83-84(70,71)72)11-13-56(32,8)31(28)12-14-55(29,30)7)77-52-46(69)47(38(61)25(6)76-52)80-53-48(81-50-44(67)41(64)36(59)23(4)74-50)40(63)35(20-73-53)79-54-49(43(66)39(62)34(19-57)78-54)82-51-45(68)42(65)37(60)24(5)75-51/h12,21-30,32-54,57-69H,9-11,13-20H2,1-8H3,(H,70,71,72). The minimum absolute atomic E-state index is 0.00552. The second-order valence-electron chi connectivity index (χ2n) is 26.5. The third-order valence-corrected chi connectivity index (χ3v) is 21.0. The van der Waals surface area contributed by atoms with Crippen LogP contribution in [-0.2, 0) is 62.0 Å². The smallest absolute Gasteiger partial charge is 0.394 e. The van der Waals surface area contributed by atoms with Crippen LogP contribution in [0.2, 0.25) is 0 Å². The van der Waals surface area contributed by atoms with Crippen molar-refractivity contribution in [2.75, 3.05) is 13.2 Å². The quantitative estimate of drug-likeness (QED) is 0.0521. The maximum atomic E-state index is 12.4. The Hall–Kier alpha value is -1.31. The summed E-state index contributed by atoms with van der Waals surface area (Å²) in [5, 5.41) is 144. The summed E-state index contributed by atoms with van der Waals surface area (Å²) >= 11 is 0. The molecule has 34 unspecified atom stereocenters. The Morgan fingerprint density at radius 1 is 0.595 bits per heavy atom. The van der Waals surface area contributed by atoms with Crippen molar-refractivity contribution < 1.29 is 131 Å². The Morgan fingerprint density at radius 2 is 1.15 bits per heavy atom. The lowest BCUT2D eigenvalue weighted by Gasteiger charge is -2.59. The van der Waals surface area contributed by atoms with E-state index in [2.05, 4.69) is 40.7 Å². The van der Waals surface area contributed by atoms with Gasteiger partial charge in [0.05, 0.1) is 49.8 Å². The van der Waals surface area contributed by atoms with Gasteiger partial charge in [-0.2, -0.15) is 8.42 Å². The molecule has 0 spiro atoms. The Kier molecular flexibility index (Phi) is 21.2. The van der Waals surface area contributed by atoms with Crippen LogP contribution in [0.1, 0.15) is 113 Å². The Balaban J connectivity index is 0.976. The first-order chi connectivity index (χ1) is 39.4. The van der Waals surface area contributed by atoms with Crippen molar-refractivity contribution in [2.24, 2.45) is 46.3 Å². The van der Waals surface area contributed by atoms with Gasteiger partial charge in [-0.3, -0.25) is 4.55 Å². The van der Waals surface area contributed by atoms with Crippen LogP contribution in [0.4, 0.5) is 0 Å². The molecule has 4 aliphatic carbocycles. The van der Waals surface area contributed by atoms with Gasteiger partial charge in [0, 0.05) is 0 Å². The zero-order valence-electron chi connectivity index (χ0n) is 48.9. The zero-order chi connectivity index (χ0) is 61.4. The Bertz CT molecular complexity index is 2320. The van der Waals surface area contributed by atoms with Crippen molar-refractivity contribution in [2.45, 2.75) is 279 Å². The van der Waals surface area contributed by atoms with Crippen molar-refractivity contribution in [1.82, 2.24) is 0 Å². The van der Waals surface area contributed by atoms with Gasteiger partial charge in [0.15, 0.2) is 31.5 Å². The van der Waals surface area contributed by atoms with E-state index in [1.54, 1.807) is 0 Å². The second kappa shape index (κ2) is 26.5. The summed E-state index contributed by atoms with van der Waals surface area (Å²) in [7, 11) is -4.85. The van der Waals surface area contributed by atoms with Crippen molar-refractivity contribution in [3.63, 3.8) is 0 Å². The molecule has 0 aromatic heterocycles. The largest absolute Gasteiger partial charge is 0.397 e. The highest BCUT2D eigenvalue weighted by atomic mass is 32.3. The van der Waals surface area contributed by atoms with Crippen molar-refractivity contribution in [3.05, 3.63) is 11.6 Å². The molecule has 0 aromatic carbocycles. The fourth-order valence-corrected chi connectivity index (χ4v) is 16.4. The maximum absolute atomic E-state index is 12.4. The minimum Gasteiger partial charge on any atom is -0.394 e. The highest BCUT2D eigenvalue weighted by Gasteiger charge is 2.62. The van der Waals surface area contributed by atoms with E-state index >= 15 is 0 Å².